The molecule has 0 radical (unpaired) electrons. The van der Waals surface area contributed by atoms with Crippen LogP contribution >= 0.6 is 55.0 Å². The van der Waals surface area contributed by atoms with E-state index in [9.17, 15) is 0 Å². The van der Waals surface area contributed by atoms with E-state index in [0.717, 1.165) is 29.3 Å². The van der Waals surface area contributed by atoms with Gasteiger partial charge in [-0.05, 0) is 67.9 Å². The normalized spacial score (nSPS) is 11.0. The van der Waals surface area contributed by atoms with Crippen molar-refractivity contribution in [2.45, 2.75) is 9.50 Å². The number of halogens is 2. The van der Waals surface area contributed by atoms with Gasteiger partial charge in [0.15, 0.2) is 10.2 Å². The Morgan fingerprint density at radius 1 is 0.960 bits per heavy atom. The van der Waals surface area contributed by atoms with Gasteiger partial charge in [-0.1, -0.05) is 35.6 Å². The summed E-state index contributed by atoms with van der Waals surface area (Å²) in [6, 6.07) is 15.7. The van der Waals surface area contributed by atoms with Gasteiger partial charge in [-0.2, -0.15) is 0 Å². The Morgan fingerprint density at radius 2 is 1.76 bits per heavy atom. The first kappa shape index (κ1) is 16.9. The summed E-state index contributed by atoms with van der Waals surface area (Å²) in [6.07, 6.45) is 1.75. The average Bonchev–Trinajstić information content (AvgIpc) is 3.20. The van der Waals surface area contributed by atoms with Crippen LogP contribution in [0, 0.1) is 0 Å². The lowest BCUT2D eigenvalue weighted by molar-refractivity contribution is 0.884. The van der Waals surface area contributed by atoms with E-state index in [0.29, 0.717) is 5.82 Å². The van der Waals surface area contributed by atoms with Crippen LogP contribution in [0.3, 0.4) is 0 Å². The molecule has 4 aromatic rings. The van der Waals surface area contributed by atoms with Gasteiger partial charge >= 0.3 is 0 Å². The summed E-state index contributed by atoms with van der Waals surface area (Å²) in [5.41, 5.74) is 1.75. The molecule has 0 aliphatic heterocycles. The minimum atomic E-state index is 0.698. The molecule has 0 aliphatic rings. The zero-order valence-corrected chi connectivity index (χ0v) is 17.3. The first-order chi connectivity index (χ1) is 12.2. The Hall–Kier alpha value is -1.55. The largest absolute Gasteiger partial charge is 0.268 e. The molecule has 3 heterocycles. The Balaban J connectivity index is 1.83. The second kappa shape index (κ2) is 7.36. The van der Waals surface area contributed by atoms with Crippen molar-refractivity contribution in [2.75, 3.05) is 0 Å². The summed E-state index contributed by atoms with van der Waals surface area (Å²) in [7, 11) is 0. The standard InChI is InChI=1S/C16H9Br2N5S2/c17-12-13(18)24-16(20-12)25-15-22-21-14(11-8-4-5-9-19-11)23(15)10-6-2-1-3-7-10/h1-9H. The van der Waals surface area contributed by atoms with Gasteiger partial charge in [0.2, 0.25) is 5.16 Å². The summed E-state index contributed by atoms with van der Waals surface area (Å²) >= 11 is 9.91. The number of rotatable bonds is 4. The molecular formula is C16H9Br2N5S2. The Labute approximate surface area is 168 Å². The molecule has 4 rings (SSSR count). The van der Waals surface area contributed by atoms with E-state index in [-0.39, 0.29) is 0 Å². The van der Waals surface area contributed by atoms with Crippen LogP contribution in [0.25, 0.3) is 17.2 Å². The molecule has 5 nitrogen and oxygen atoms in total. The molecule has 0 atom stereocenters. The molecule has 0 saturated heterocycles. The summed E-state index contributed by atoms with van der Waals surface area (Å²) in [5.74, 6) is 0.698. The van der Waals surface area contributed by atoms with E-state index in [4.69, 9.17) is 0 Å². The molecule has 0 saturated carbocycles. The molecular weight excluding hydrogens is 486 g/mol. The van der Waals surface area contributed by atoms with Crippen LogP contribution in [0.2, 0.25) is 0 Å². The first-order valence-electron chi connectivity index (χ1n) is 7.14. The summed E-state index contributed by atoms with van der Waals surface area (Å²) < 4.78 is 4.60. The van der Waals surface area contributed by atoms with E-state index in [1.165, 1.54) is 11.8 Å². The molecule has 0 N–H and O–H groups in total. The molecule has 0 aliphatic carbocycles. The van der Waals surface area contributed by atoms with Crippen LogP contribution in [0.1, 0.15) is 0 Å². The number of aromatic nitrogens is 5. The zero-order valence-electron chi connectivity index (χ0n) is 12.5. The Morgan fingerprint density at radius 3 is 2.44 bits per heavy atom. The van der Waals surface area contributed by atoms with Crippen molar-refractivity contribution in [3.63, 3.8) is 0 Å². The van der Waals surface area contributed by atoms with Gasteiger partial charge in [-0.15, -0.1) is 10.2 Å². The smallest absolute Gasteiger partial charge is 0.203 e. The maximum atomic E-state index is 4.48. The number of benzene rings is 1. The van der Waals surface area contributed by atoms with Crippen molar-refractivity contribution in [1.82, 2.24) is 24.7 Å². The van der Waals surface area contributed by atoms with E-state index in [1.807, 2.05) is 53.1 Å². The number of nitrogens with zero attached hydrogens (tertiary/aromatic N) is 5. The minimum Gasteiger partial charge on any atom is -0.268 e. The maximum absolute atomic E-state index is 4.48. The lowest BCUT2D eigenvalue weighted by Gasteiger charge is -2.08. The van der Waals surface area contributed by atoms with Crippen LogP contribution < -0.4 is 0 Å². The van der Waals surface area contributed by atoms with E-state index in [2.05, 4.69) is 52.0 Å². The first-order valence-corrected chi connectivity index (χ1v) is 10.4. The van der Waals surface area contributed by atoms with Crippen molar-refractivity contribution in [1.29, 1.82) is 0 Å². The fourth-order valence-electron chi connectivity index (χ4n) is 2.19. The second-order valence-electron chi connectivity index (χ2n) is 4.84. The van der Waals surface area contributed by atoms with Gasteiger partial charge in [0, 0.05) is 11.9 Å². The quantitative estimate of drug-likeness (QED) is 0.377. The third kappa shape index (κ3) is 3.55. The van der Waals surface area contributed by atoms with Crippen LogP contribution in [-0.4, -0.2) is 24.7 Å². The molecule has 124 valence electrons. The number of hydrogen-bond donors (Lipinski definition) is 0. The predicted octanol–water partition coefficient (Wildman–Crippen LogP) is 5.46. The lowest BCUT2D eigenvalue weighted by atomic mass is 10.3. The third-order valence-corrected chi connectivity index (χ3v) is 7.33. The van der Waals surface area contributed by atoms with E-state index < -0.39 is 0 Å². The molecule has 0 spiro atoms. The minimum absolute atomic E-state index is 0.698. The number of hydrogen-bond acceptors (Lipinski definition) is 6. The van der Waals surface area contributed by atoms with Crippen molar-refractivity contribution in [3.8, 4) is 17.2 Å². The van der Waals surface area contributed by atoms with Crippen LogP contribution in [-0.2, 0) is 0 Å². The second-order valence-corrected chi connectivity index (χ2v) is 9.12. The molecule has 1 aromatic carbocycles. The van der Waals surface area contributed by atoms with Crippen molar-refractivity contribution >= 4 is 55.0 Å². The molecule has 3 aromatic heterocycles. The van der Waals surface area contributed by atoms with Crippen LogP contribution in [0.15, 0.2) is 72.6 Å². The van der Waals surface area contributed by atoms with Gasteiger partial charge in [0.1, 0.15) is 14.1 Å². The molecule has 0 fully saturated rings. The summed E-state index contributed by atoms with van der Waals surface area (Å²) in [4.78, 5) is 8.89. The summed E-state index contributed by atoms with van der Waals surface area (Å²) in [5, 5.41) is 9.48. The van der Waals surface area contributed by atoms with Crippen LogP contribution in [0.5, 0.6) is 0 Å². The number of thiazole rings is 1. The van der Waals surface area contributed by atoms with Gasteiger partial charge in [-0.25, -0.2) is 4.98 Å². The predicted molar refractivity (Wildman–Crippen MR) is 106 cm³/mol. The maximum Gasteiger partial charge on any atom is 0.203 e. The van der Waals surface area contributed by atoms with Gasteiger partial charge in [0.05, 0.1) is 0 Å². The van der Waals surface area contributed by atoms with E-state index in [1.54, 1.807) is 17.5 Å². The van der Waals surface area contributed by atoms with E-state index >= 15 is 0 Å². The van der Waals surface area contributed by atoms with Crippen molar-refractivity contribution in [3.05, 3.63) is 63.1 Å². The summed E-state index contributed by atoms with van der Waals surface area (Å²) in [6.45, 7) is 0. The monoisotopic (exact) mass is 493 g/mol. The van der Waals surface area contributed by atoms with Gasteiger partial charge in [-0.3, -0.25) is 9.55 Å². The topological polar surface area (TPSA) is 56.5 Å². The highest BCUT2D eigenvalue weighted by atomic mass is 79.9. The lowest BCUT2D eigenvalue weighted by Crippen LogP contribution is -2.00. The molecule has 0 bridgehead atoms. The van der Waals surface area contributed by atoms with Crippen LogP contribution in [0.4, 0.5) is 0 Å². The Bertz CT molecular complexity index is 983. The molecule has 0 amide bonds. The molecule has 0 unspecified atom stereocenters. The van der Waals surface area contributed by atoms with Crippen molar-refractivity contribution in [2.24, 2.45) is 0 Å². The highest BCUT2D eigenvalue weighted by Gasteiger charge is 2.19. The fraction of sp³-hybridized carbons (Fsp3) is 0. The molecule has 25 heavy (non-hydrogen) atoms. The fourth-order valence-corrected chi connectivity index (χ4v) is 5.44. The third-order valence-electron chi connectivity index (χ3n) is 3.25. The SMILES string of the molecule is Brc1nc(Sc2nnc(-c3ccccn3)n2-c2ccccc2)sc1Br. The van der Waals surface area contributed by atoms with Gasteiger partial charge < -0.3 is 0 Å². The van der Waals surface area contributed by atoms with Crippen molar-refractivity contribution < 1.29 is 0 Å². The number of para-hydroxylation sites is 1. The average molecular weight is 495 g/mol. The highest BCUT2D eigenvalue weighted by molar-refractivity contribution is 9.13. The Kier molecular flexibility index (Phi) is 4.98. The van der Waals surface area contributed by atoms with Gasteiger partial charge in [0.25, 0.3) is 0 Å². The zero-order chi connectivity index (χ0) is 17.2. The number of pyridine rings is 1. The molecule has 9 heteroatoms. The highest BCUT2D eigenvalue weighted by Crippen LogP contribution is 2.38.